The van der Waals surface area contributed by atoms with Gasteiger partial charge in [0.2, 0.25) is 0 Å². The van der Waals surface area contributed by atoms with Crippen molar-refractivity contribution in [2.45, 2.75) is 51.5 Å². The molecule has 1 fully saturated rings. The third-order valence-electron chi connectivity index (χ3n) is 5.17. The molecule has 29 heavy (non-hydrogen) atoms. The third-order valence-corrected chi connectivity index (χ3v) is 5.51. The highest BCUT2D eigenvalue weighted by molar-refractivity contribution is 6.31. The molecule has 0 bridgehead atoms. The van der Waals surface area contributed by atoms with Crippen molar-refractivity contribution in [3.05, 3.63) is 40.7 Å². The number of nitrogens with zero attached hydrogens (tertiary/aromatic N) is 6. The summed E-state index contributed by atoms with van der Waals surface area (Å²) in [5.74, 6) is -1.76. The van der Waals surface area contributed by atoms with Crippen LogP contribution in [0.1, 0.15) is 51.5 Å². The Bertz CT molecular complexity index is 1060. The molecule has 0 amide bonds. The van der Waals surface area contributed by atoms with E-state index in [9.17, 15) is 8.78 Å². The Kier molecular flexibility index (Phi) is 4.72. The Morgan fingerprint density at radius 3 is 2.52 bits per heavy atom. The van der Waals surface area contributed by atoms with Gasteiger partial charge in [-0.05, 0) is 18.6 Å². The van der Waals surface area contributed by atoms with Crippen LogP contribution in [0, 0.1) is 0 Å². The summed E-state index contributed by atoms with van der Waals surface area (Å²) in [4.78, 5) is 10.9. The van der Waals surface area contributed by atoms with Gasteiger partial charge < -0.3 is 4.90 Å². The largest absolute Gasteiger partial charge is 0.348 e. The fraction of sp³-hybridized carbons (Fsp3) is 0.500. The number of alkyl halides is 2. The zero-order chi connectivity index (χ0) is 21.0. The van der Waals surface area contributed by atoms with Crippen molar-refractivity contribution in [1.29, 1.82) is 0 Å². The van der Waals surface area contributed by atoms with Crippen LogP contribution in [-0.2, 0) is 5.41 Å². The van der Waals surface area contributed by atoms with Crippen molar-refractivity contribution in [2.24, 2.45) is 0 Å². The lowest BCUT2D eigenvalue weighted by molar-refractivity contribution is 0.0257. The molecule has 154 valence electrons. The summed E-state index contributed by atoms with van der Waals surface area (Å²) < 4.78 is 29.4. The number of halogens is 3. The average molecular weight is 421 g/mol. The minimum Gasteiger partial charge on any atom is -0.348 e. The minimum absolute atomic E-state index is 0.201. The lowest BCUT2D eigenvalue weighted by atomic mass is 9.95. The fourth-order valence-electron chi connectivity index (χ4n) is 3.50. The van der Waals surface area contributed by atoms with Gasteiger partial charge in [0.1, 0.15) is 5.82 Å². The maximum atomic E-state index is 13.9. The summed E-state index contributed by atoms with van der Waals surface area (Å²) in [6, 6.07) is 7.28. The van der Waals surface area contributed by atoms with E-state index in [1.807, 2.05) is 52.0 Å². The summed E-state index contributed by atoms with van der Waals surface area (Å²) in [6.07, 6.45) is -0.201. The molecule has 6 nitrogen and oxygen atoms in total. The second kappa shape index (κ2) is 6.86. The molecule has 4 rings (SSSR count). The van der Waals surface area contributed by atoms with Gasteiger partial charge in [0.15, 0.2) is 17.0 Å². The van der Waals surface area contributed by atoms with Gasteiger partial charge in [0.25, 0.3) is 5.92 Å². The highest BCUT2D eigenvalue weighted by atomic mass is 35.5. The number of rotatable bonds is 3. The second-order valence-corrected chi connectivity index (χ2v) is 8.96. The quantitative estimate of drug-likeness (QED) is 0.618. The molecule has 1 atom stereocenters. The van der Waals surface area contributed by atoms with Crippen LogP contribution in [0.3, 0.4) is 0 Å². The predicted octanol–water partition coefficient (Wildman–Crippen LogP) is 4.63. The first-order valence-corrected chi connectivity index (χ1v) is 9.95. The monoisotopic (exact) mass is 420 g/mol. The summed E-state index contributed by atoms with van der Waals surface area (Å²) in [7, 11) is 0. The van der Waals surface area contributed by atoms with E-state index in [2.05, 4.69) is 15.3 Å². The average Bonchev–Trinajstić information content (AvgIpc) is 3.23. The molecule has 0 aliphatic carbocycles. The molecule has 0 unspecified atom stereocenters. The van der Waals surface area contributed by atoms with Crippen molar-refractivity contribution < 1.29 is 8.78 Å². The first-order chi connectivity index (χ1) is 13.6. The zero-order valence-corrected chi connectivity index (χ0v) is 17.6. The van der Waals surface area contributed by atoms with Crippen LogP contribution in [0.15, 0.2) is 24.3 Å². The van der Waals surface area contributed by atoms with Gasteiger partial charge in [-0.1, -0.05) is 55.8 Å². The Morgan fingerprint density at radius 1 is 1.17 bits per heavy atom. The zero-order valence-electron chi connectivity index (χ0n) is 16.8. The number of benzene rings is 1. The minimum atomic E-state index is -2.74. The van der Waals surface area contributed by atoms with Crippen LogP contribution in [0.25, 0.3) is 11.2 Å². The lowest BCUT2D eigenvalue weighted by Crippen LogP contribution is -2.27. The summed E-state index contributed by atoms with van der Waals surface area (Å²) in [5, 5.41) is 9.18. The maximum absolute atomic E-state index is 13.9. The van der Waals surface area contributed by atoms with Crippen LogP contribution in [-0.4, -0.2) is 44.0 Å². The van der Waals surface area contributed by atoms with Crippen LogP contribution in [0.4, 0.5) is 14.6 Å². The predicted molar refractivity (Wildman–Crippen MR) is 109 cm³/mol. The Morgan fingerprint density at radius 2 is 1.90 bits per heavy atom. The molecule has 3 heterocycles. The first kappa shape index (κ1) is 19.9. The van der Waals surface area contributed by atoms with Crippen molar-refractivity contribution in [1.82, 2.24) is 25.0 Å². The summed E-state index contributed by atoms with van der Waals surface area (Å²) in [5.41, 5.74) is 1.46. The topological polar surface area (TPSA) is 59.7 Å². The van der Waals surface area contributed by atoms with Crippen molar-refractivity contribution >= 4 is 28.6 Å². The van der Waals surface area contributed by atoms with E-state index < -0.39 is 5.92 Å². The van der Waals surface area contributed by atoms with Gasteiger partial charge in [0.05, 0.1) is 12.6 Å². The standard InChI is InChI=1S/C20H23ClF2N6/c1-12(13-7-5-6-8-14(13)21)29-17-15(26-27-29)16(24-18(25-17)19(2,3)4)28-10-9-20(22,23)11-28/h5-8,12H,9-11H2,1-4H3/t12-/m1/s1. The van der Waals surface area contributed by atoms with E-state index in [1.165, 1.54) is 0 Å². The number of fused-ring (bicyclic) bond motifs is 1. The van der Waals surface area contributed by atoms with Gasteiger partial charge in [-0.25, -0.2) is 23.4 Å². The Hall–Kier alpha value is -2.35. The van der Waals surface area contributed by atoms with Gasteiger partial charge in [0, 0.05) is 23.4 Å². The molecule has 1 aliphatic heterocycles. The lowest BCUT2D eigenvalue weighted by Gasteiger charge is -2.22. The molecular formula is C20H23ClF2N6. The van der Waals surface area contributed by atoms with E-state index in [-0.39, 0.29) is 31.0 Å². The number of anilines is 1. The SMILES string of the molecule is C[C@H](c1ccccc1Cl)n1nnc2c(N3CCC(F)(F)C3)nc(C(C)(C)C)nc21. The van der Waals surface area contributed by atoms with Crippen LogP contribution >= 0.6 is 11.6 Å². The van der Waals surface area contributed by atoms with Crippen molar-refractivity contribution in [3.63, 3.8) is 0 Å². The number of hydrogen-bond acceptors (Lipinski definition) is 5. The number of hydrogen-bond donors (Lipinski definition) is 0. The normalized spacial score (nSPS) is 17.8. The molecule has 0 saturated carbocycles. The molecule has 1 saturated heterocycles. The van der Waals surface area contributed by atoms with Crippen molar-refractivity contribution in [2.75, 3.05) is 18.0 Å². The third kappa shape index (κ3) is 3.66. The fourth-order valence-corrected chi connectivity index (χ4v) is 3.79. The molecule has 1 aliphatic rings. The molecule has 9 heteroatoms. The van der Waals surface area contributed by atoms with Gasteiger partial charge >= 0.3 is 0 Å². The van der Waals surface area contributed by atoms with E-state index in [0.717, 1.165) is 5.56 Å². The molecular weight excluding hydrogens is 398 g/mol. The van der Waals surface area contributed by atoms with E-state index in [0.29, 0.717) is 27.8 Å². The summed E-state index contributed by atoms with van der Waals surface area (Å²) in [6.45, 7) is 7.76. The molecule has 3 aromatic rings. The number of aromatic nitrogens is 5. The molecule has 1 aromatic carbocycles. The Labute approximate surface area is 172 Å². The Balaban J connectivity index is 1.88. The van der Waals surface area contributed by atoms with Crippen LogP contribution in [0.2, 0.25) is 5.02 Å². The summed E-state index contributed by atoms with van der Waals surface area (Å²) >= 11 is 6.37. The van der Waals surface area contributed by atoms with E-state index >= 15 is 0 Å². The van der Waals surface area contributed by atoms with Crippen molar-refractivity contribution in [3.8, 4) is 0 Å². The molecule has 0 spiro atoms. The second-order valence-electron chi connectivity index (χ2n) is 8.55. The highest BCUT2D eigenvalue weighted by Crippen LogP contribution is 2.35. The van der Waals surface area contributed by atoms with E-state index in [4.69, 9.17) is 16.6 Å². The van der Waals surface area contributed by atoms with Gasteiger partial charge in [-0.3, -0.25) is 0 Å². The van der Waals surface area contributed by atoms with Gasteiger partial charge in [-0.2, -0.15) is 0 Å². The molecule has 0 N–H and O–H groups in total. The van der Waals surface area contributed by atoms with E-state index in [1.54, 1.807) is 9.58 Å². The molecule has 0 radical (unpaired) electrons. The maximum Gasteiger partial charge on any atom is 0.266 e. The van der Waals surface area contributed by atoms with Crippen LogP contribution < -0.4 is 4.90 Å². The smallest absolute Gasteiger partial charge is 0.266 e. The van der Waals surface area contributed by atoms with Gasteiger partial charge in [-0.15, -0.1) is 5.10 Å². The first-order valence-electron chi connectivity index (χ1n) is 9.57. The van der Waals surface area contributed by atoms with Crippen LogP contribution in [0.5, 0.6) is 0 Å². The highest BCUT2D eigenvalue weighted by Gasteiger charge is 2.40. The molecule has 2 aromatic heterocycles.